The number of rotatable bonds is 3. The SMILES string of the molecule is COC(=O)C1(c2nc(C3CCCCCCC3)no2)CC1. The van der Waals surface area contributed by atoms with Gasteiger partial charge in [0.2, 0.25) is 5.89 Å². The largest absolute Gasteiger partial charge is 0.468 e. The third kappa shape index (κ3) is 2.45. The van der Waals surface area contributed by atoms with Crippen molar-refractivity contribution in [3.63, 3.8) is 0 Å². The van der Waals surface area contributed by atoms with Crippen molar-refractivity contribution in [2.75, 3.05) is 7.11 Å². The van der Waals surface area contributed by atoms with Crippen LogP contribution in [0.25, 0.3) is 0 Å². The number of methoxy groups -OCH3 is 1. The van der Waals surface area contributed by atoms with Crippen molar-refractivity contribution in [1.29, 1.82) is 0 Å². The smallest absolute Gasteiger partial charge is 0.321 e. The van der Waals surface area contributed by atoms with Gasteiger partial charge in [-0.1, -0.05) is 37.3 Å². The Morgan fingerprint density at radius 1 is 1.20 bits per heavy atom. The van der Waals surface area contributed by atoms with Crippen LogP contribution in [0, 0.1) is 0 Å². The van der Waals surface area contributed by atoms with Crippen molar-refractivity contribution in [2.24, 2.45) is 0 Å². The Hall–Kier alpha value is -1.39. The molecule has 0 aliphatic heterocycles. The molecule has 0 saturated heterocycles. The highest BCUT2D eigenvalue weighted by Crippen LogP contribution is 2.48. The summed E-state index contributed by atoms with van der Waals surface area (Å²) in [6, 6.07) is 0. The molecule has 0 amide bonds. The maximum Gasteiger partial charge on any atom is 0.321 e. The number of ether oxygens (including phenoxy) is 1. The van der Waals surface area contributed by atoms with Crippen molar-refractivity contribution >= 4 is 5.97 Å². The van der Waals surface area contributed by atoms with E-state index in [-0.39, 0.29) is 5.97 Å². The maximum absolute atomic E-state index is 11.8. The lowest BCUT2D eigenvalue weighted by Gasteiger charge is -2.15. The quantitative estimate of drug-likeness (QED) is 0.795. The maximum atomic E-state index is 11.8. The molecule has 0 aromatic carbocycles. The normalized spacial score (nSPS) is 22.9. The summed E-state index contributed by atoms with van der Waals surface area (Å²) in [7, 11) is 1.41. The molecular weight excluding hydrogens is 256 g/mol. The lowest BCUT2D eigenvalue weighted by molar-refractivity contribution is -0.144. The molecule has 0 spiro atoms. The van der Waals surface area contributed by atoms with E-state index in [1.165, 1.54) is 39.2 Å². The van der Waals surface area contributed by atoms with E-state index < -0.39 is 5.41 Å². The van der Waals surface area contributed by atoms with Crippen molar-refractivity contribution in [2.45, 2.75) is 69.1 Å². The Morgan fingerprint density at radius 2 is 1.85 bits per heavy atom. The first-order valence-corrected chi connectivity index (χ1v) is 7.69. The van der Waals surface area contributed by atoms with Gasteiger partial charge in [-0.3, -0.25) is 4.79 Å². The molecule has 1 aromatic heterocycles. The summed E-state index contributed by atoms with van der Waals surface area (Å²) in [6.45, 7) is 0. The number of esters is 1. The highest BCUT2D eigenvalue weighted by atomic mass is 16.5. The predicted molar refractivity (Wildman–Crippen MR) is 72.3 cm³/mol. The fraction of sp³-hybridized carbons (Fsp3) is 0.800. The Labute approximate surface area is 119 Å². The molecule has 0 unspecified atom stereocenters. The molecule has 0 radical (unpaired) electrons. The van der Waals surface area contributed by atoms with Crippen molar-refractivity contribution in [3.05, 3.63) is 11.7 Å². The number of carbonyl (C=O) groups excluding carboxylic acids is 1. The second kappa shape index (κ2) is 5.54. The Morgan fingerprint density at radius 3 is 2.45 bits per heavy atom. The van der Waals surface area contributed by atoms with Gasteiger partial charge in [-0.25, -0.2) is 0 Å². The minimum atomic E-state index is -0.637. The van der Waals surface area contributed by atoms with Gasteiger partial charge in [0.15, 0.2) is 5.82 Å². The third-order valence-corrected chi connectivity index (χ3v) is 4.65. The minimum absolute atomic E-state index is 0.245. The van der Waals surface area contributed by atoms with Crippen LogP contribution in [0.4, 0.5) is 0 Å². The van der Waals surface area contributed by atoms with Gasteiger partial charge in [0.1, 0.15) is 5.41 Å². The zero-order valence-electron chi connectivity index (χ0n) is 12.1. The van der Waals surface area contributed by atoms with Crippen LogP contribution in [-0.2, 0) is 14.9 Å². The fourth-order valence-electron chi connectivity index (χ4n) is 3.14. The summed E-state index contributed by atoms with van der Waals surface area (Å²) >= 11 is 0. The highest BCUT2D eigenvalue weighted by molar-refractivity contribution is 5.85. The van der Waals surface area contributed by atoms with E-state index in [0.29, 0.717) is 11.8 Å². The Bertz CT molecular complexity index is 471. The van der Waals surface area contributed by atoms with Gasteiger partial charge >= 0.3 is 5.97 Å². The lowest BCUT2D eigenvalue weighted by Crippen LogP contribution is -2.22. The first-order valence-electron chi connectivity index (χ1n) is 7.69. The monoisotopic (exact) mass is 278 g/mol. The van der Waals surface area contributed by atoms with Crippen molar-refractivity contribution in [1.82, 2.24) is 10.1 Å². The average Bonchev–Trinajstić information content (AvgIpc) is 3.09. The summed E-state index contributed by atoms with van der Waals surface area (Å²) in [6.07, 6.45) is 10.2. The molecule has 20 heavy (non-hydrogen) atoms. The molecule has 0 atom stereocenters. The van der Waals surface area contributed by atoms with E-state index >= 15 is 0 Å². The zero-order chi connectivity index (χ0) is 14.0. The molecule has 5 nitrogen and oxygen atoms in total. The first-order chi connectivity index (χ1) is 9.76. The summed E-state index contributed by atoms with van der Waals surface area (Å²) in [5.74, 6) is 1.39. The first kappa shape index (κ1) is 13.6. The number of carbonyl (C=O) groups is 1. The van der Waals surface area contributed by atoms with Gasteiger partial charge in [0, 0.05) is 5.92 Å². The van der Waals surface area contributed by atoms with Gasteiger partial charge in [-0.05, 0) is 25.7 Å². The number of nitrogens with zero attached hydrogens (tertiary/aromatic N) is 2. The summed E-state index contributed by atoms with van der Waals surface area (Å²) in [4.78, 5) is 16.4. The molecule has 2 aliphatic carbocycles. The van der Waals surface area contributed by atoms with Gasteiger partial charge in [0.05, 0.1) is 7.11 Å². The zero-order valence-corrected chi connectivity index (χ0v) is 12.1. The van der Waals surface area contributed by atoms with Crippen LogP contribution in [0.15, 0.2) is 4.52 Å². The van der Waals surface area contributed by atoms with E-state index in [4.69, 9.17) is 9.26 Å². The molecule has 1 heterocycles. The van der Waals surface area contributed by atoms with Crippen LogP contribution in [0.1, 0.15) is 75.4 Å². The van der Waals surface area contributed by atoms with E-state index in [1.54, 1.807) is 0 Å². The second-order valence-corrected chi connectivity index (χ2v) is 6.07. The molecule has 0 bridgehead atoms. The number of hydrogen-bond donors (Lipinski definition) is 0. The predicted octanol–water partition coefficient (Wildman–Crippen LogP) is 3.10. The summed E-state index contributed by atoms with van der Waals surface area (Å²) in [5, 5.41) is 4.14. The fourth-order valence-corrected chi connectivity index (χ4v) is 3.14. The standard InChI is InChI=1S/C15H22N2O3/c1-19-14(18)15(9-10-15)13-16-12(17-20-13)11-7-5-3-2-4-6-8-11/h11H,2-10H2,1H3. The molecule has 2 aliphatic rings. The summed E-state index contributed by atoms with van der Waals surface area (Å²) in [5.41, 5.74) is -0.637. The molecule has 110 valence electrons. The van der Waals surface area contributed by atoms with E-state index in [9.17, 15) is 4.79 Å². The molecule has 2 fully saturated rings. The summed E-state index contributed by atoms with van der Waals surface area (Å²) < 4.78 is 10.2. The van der Waals surface area contributed by atoms with Crippen LogP contribution in [0.5, 0.6) is 0 Å². The molecular formula is C15H22N2O3. The number of aromatic nitrogens is 2. The van der Waals surface area contributed by atoms with Crippen LogP contribution >= 0.6 is 0 Å². The lowest BCUT2D eigenvalue weighted by atomic mass is 9.91. The van der Waals surface area contributed by atoms with E-state index in [1.807, 2.05) is 0 Å². The average molecular weight is 278 g/mol. The molecule has 3 rings (SSSR count). The molecule has 1 aromatic rings. The van der Waals surface area contributed by atoms with Gasteiger partial charge in [-0.2, -0.15) is 4.98 Å². The topological polar surface area (TPSA) is 65.2 Å². The highest BCUT2D eigenvalue weighted by Gasteiger charge is 2.57. The molecule has 5 heteroatoms. The van der Waals surface area contributed by atoms with Crippen LogP contribution in [0.2, 0.25) is 0 Å². The number of hydrogen-bond acceptors (Lipinski definition) is 5. The van der Waals surface area contributed by atoms with Crippen LogP contribution in [0.3, 0.4) is 0 Å². The van der Waals surface area contributed by atoms with E-state index in [0.717, 1.165) is 31.5 Å². The van der Waals surface area contributed by atoms with Crippen molar-refractivity contribution < 1.29 is 14.1 Å². The van der Waals surface area contributed by atoms with Crippen molar-refractivity contribution in [3.8, 4) is 0 Å². The van der Waals surface area contributed by atoms with Gasteiger partial charge < -0.3 is 9.26 Å². The minimum Gasteiger partial charge on any atom is -0.468 e. The van der Waals surface area contributed by atoms with Crippen LogP contribution < -0.4 is 0 Å². The molecule has 0 N–H and O–H groups in total. The van der Waals surface area contributed by atoms with E-state index in [2.05, 4.69) is 10.1 Å². The second-order valence-electron chi connectivity index (χ2n) is 6.07. The van der Waals surface area contributed by atoms with Crippen LogP contribution in [-0.4, -0.2) is 23.2 Å². The Balaban J connectivity index is 1.74. The molecule has 2 saturated carbocycles. The van der Waals surface area contributed by atoms with Gasteiger partial charge in [0.25, 0.3) is 0 Å². The third-order valence-electron chi connectivity index (χ3n) is 4.65. The Kier molecular flexibility index (Phi) is 3.76. The van der Waals surface area contributed by atoms with Gasteiger partial charge in [-0.15, -0.1) is 0 Å².